The number of hydrogen-bond donors (Lipinski definition) is 2. The Labute approximate surface area is 166 Å². The number of halogens is 1. The van der Waals surface area contributed by atoms with E-state index in [1.54, 1.807) is 0 Å². The van der Waals surface area contributed by atoms with Crippen molar-refractivity contribution in [2.24, 2.45) is 0 Å². The second-order valence-corrected chi connectivity index (χ2v) is 7.24. The SMILES string of the molecule is O=C(Nc1ccccc1Br)N1CCN(c2cc(-c3ccccc3)[nH]n2)CC1. The van der Waals surface area contributed by atoms with Crippen LogP contribution in [0.15, 0.2) is 65.1 Å². The highest BCUT2D eigenvalue weighted by Gasteiger charge is 2.23. The standard InChI is InChI=1S/C20H20BrN5O/c21-16-8-4-5-9-17(16)22-20(27)26-12-10-25(11-13-26)19-14-18(23-24-19)15-6-2-1-3-7-15/h1-9,14H,10-13H2,(H,22,27)(H,23,24). The second kappa shape index (κ2) is 7.84. The monoisotopic (exact) mass is 425 g/mol. The third-order valence-corrected chi connectivity index (χ3v) is 5.35. The Morgan fingerprint density at radius 1 is 1.00 bits per heavy atom. The summed E-state index contributed by atoms with van der Waals surface area (Å²) in [5.41, 5.74) is 2.90. The van der Waals surface area contributed by atoms with Gasteiger partial charge in [0.25, 0.3) is 0 Å². The molecule has 0 bridgehead atoms. The number of para-hydroxylation sites is 1. The average molecular weight is 426 g/mol. The van der Waals surface area contributed by atoms with Gasteiger partial charge in [-0.2, -0.15) is 5.10 Å². The number of carbonyl (C=O) groups is 1. The van der Waals surface area contributed by atoms with Crippen LogP contribution in [0.4, 0.5) is 16.3 Å². The molecule has 2 heterocycles. The van der Waals surface area contributed by atoms with E-state index in [1.807, 2.05) is 47.4 Å². The minimum Gasteiger partial charge on any atom is -0.352 e. The molecule has 0 radical (unpaired) electrons. The summed E-state index contributed by atoms with van der Waals surface area (Å²) in [4.78, 5) is 16.5. The van der Waals surface area contributed by atoms with E-state index in [4.69, 9.17) is 0 Å². The Balaban J connectivity index is 1.36. The van der Waals surface area contributed by atoms with Crippen LogP contribution in [0.1, 0.15) is 0 Å². The van der Waals surface area contributed by atoms with Gasteiger partial charge in [-0.25, -0.2) is 4.79 Å². The number of rotatable bonds is 3. The number of aromatic nitrogens is 2. The lowest BCUT2D eigenvalue weighted by atomic mass is 10.1. The van der Waals surface area contributed by atoms with E-state index in [-0.39, 0.29) is 6.03 Å². The summed E-state index contributed by atoms with van der Waals surface area (Å²) in [6.45, 7) is 2.82. The normalized spacial score (nSPS) is 14.3. The predicted octanol–water partition coefficient (Wildman–Crippen LogP) is 4.19. The van der Waals surface area contributed by atoms with Crippen molar-refractivity contribution in [2.75, 3.05) is 36.4 Å². The van der Waals surface area contributed by atoms with E-state index >= 15 is 0 Å². The van der Waals surface area contributed by atoms with Gasteiger partial charge in [0, 0.05) is 36.7 Å². The van der Waals surface area contributed by atoms with E-state index in [9.17, 15) is 4.79 Å². The largest absolute Gasteiger partial charge is 0.352 e. The van der Waals surface area contributed by atoms with Gasteiger partial charge in [-0.3, -0.25) is 5.10 Å². The van der Waals surface area contributed by atoms with Crippen molar-refractivity contribution in [3.63, 3.8) is 0 Å². The van der Waals surface area contributed by atoms with Crippen LogP contribution in [0.25, 0.3) is 11.3 Å². The molecule has 0 spiro atoms. The molecule has 1 fully saturated rings. The molecular formula is C20H20BrN5O. The quantitative estimate of drug-likeness (QED) is 0.660. The summed E-state index contributed by atoms with van der Waals surface area (Å²) in [5, 5.41) is 10.5. The molecule has 0 atom stereocenters. The van der Waals surface area contributed by atoms with Crippen LogP contribution in [0.2, 0.25) is 0 Å². The molecule has 138 valence electrons. The number of urea groups is 1. The van der Waals surface area contributed by atoms with Crippen LogP contribution >= 0.6 is 15.9 Å². The molecule has 2 aromatic carbocycles. The van der Waals surface area contributed by atoms with E-state index < -0.39 is 0 Å². The summed E-state index contributed by atoms with van der Waals surface area (Å²) in [6, 6.07) is 19.7. The second-order valence-electron chi connectivity index (χ2n) is 6.39. The molecule has 4 rings (SSSR count). The minimum absolute atomic E-state index is 0.0754. The van der Waals surface area contributed by atoms with Gasteiger partial charge in [-0.05, 0) is 33.6 Å². The Morgan fingerprint density at radius 2 is 1.70 bits per heavy atom. The Bertz CT molecular complexity index is 919. The fourth-order valence-electron chi connectivity index (χ4n) is 3.13. The Morgan fingerprint density at radius 3 is 2.44 bits per heavy atom. The molecule has 2 amide bonds. The summed E-state index contributed by atoms with van der Waals surface area (Å²) in [6.07, 6.45) is 0. The maximum absolute atomic E-state index is 12.5. The fraction of sp³-hybridized carbons (Fsp3) is 0.200. The topological polar surface area (TPSA) is 64.3 Å². The Hall–Kier alpha value is -2.80. The molecule has 0 aliphatic carbocycles. The average Bonchev–Trinajstić information content (AvgIpc) is 3.21. The number of amides is 2. The predicted molar refractivity (Wildman–Crippen MR) is 111 cm³/mol. The number of nitrogens with one attached hydrogen (secondary N) is 2. The first-order valence-electron chi connectivity index (χ1n) is 8.87. The lowest BCUT2D eigenvalue weighted by Crippen LogP contribution is -2.50. The zero-order valence-corrected chi connectivity index (χ0v) is 16.3. The Kier molecular flexibility index (Phi) is 5.11. The van der Waals surface area contributed by atoms with Gasteiger partial charge >= 0.3 is 6.03 Å². The summed E-state index contributed by atoms with van der Waals surface area (Å²) >= 11 is 3.46. The molecule has 27 heavy (non-hydrogen) atoms. The highest BCUT2D eigenvalue weighted by molar-refractivity contribution is 9.10. The van der Waals surface area contributed by atoms with E-state index in [2.05, 4.69) is 54.5 Å². The van der Waals surface area contributed by atoms with Crippen LogP contribution in [0.3, 0.4) is 0 Å². The maximum atomic E-state index is 12.5. The number of piperazine rings is 1. The van der Waals surface area contributed by atoms with Gasteiger partial charge < -0.3 is 15.1 Å². The number of benzene rings is 2. The van der Waals surface area contributed by atoms with E-state index in [0.29, 0.717) is 13.1 Å². The number of anilines is 2. The fourth-order valence-corrected chi connectivity index (χ4v) is 3.52. The van der Waals surface area contributed by atoms with Crippen molar-refractivity contribution in [2.45, 2.75) is 0 Å². The van der Waals surface area contributed by atoms with Crippen LogP contribution in [-0.2, 0) is 0 Å². The van der Waals surface area contributed by atoms with Crippen molar-refractivity contribution in [1.29, 1.82) is 0 Å². The summed E-state index contributed by atoms with van der Waals surface area (Å²) in [5.74, 6) is 0.916. The van der Waals surface area contributed by atoms with Crippen LogP contribution < -0.4 is 10.2 Å². The molecule has 6 nitrogen and oxygen atoms in total. The number of H-pyrrole nitrogens is 1. The van der Waals surface area contributed by atoms with Crippen molar-refractivity contribution in [1.82, 2.24) is 15.1 Å². The highest BCUT2D eigenvalue weighted by atomic mass is 79.9. The third-order valence-electron chi connectivity index (χ3n) is 4.66. The molecule has 2 N–H and O–H groups in total. The maximum Gasteiger partial charge on any atom is 0.321 e. The molecule has 1 saturated heterocycles. The first-order valence-corrected chi connectivity index (χ1v) is 9.66. The number of nitrogens with zero attached hydrogens (tertiary/aromatic N) is 3. The van der Waals surface area contributed by atoms with Crippen molar-refractivity contribution < 1.29 is 4.79 Å². The van der Waals surface area contributed by atoms with Gasteiger partial charge in [-0.15, -0.1) is 0 Å². The zero-order valence-electron chi connectivity index (χ0n) is 14.7. The lowest BCUT2D eigenvalue weighted by Gasteiger charge is -2.34. The minimum atomic E-state index is -0.0754. The van der Waals surface area contributed by atoms with Gasteiger partial charge in [-0.1, -0.05) is 42.5 Å². The van der Waals surface area contributed by atoms with Gasteiger partial charge in [0.1, 0.15) is 0 Å². The number of carbonyl (C=O) groups excluding carboxylic acids is 1. The van der Waals surface area contributed by atoms with Crippen molar-refractivity contribution in [3.8, 4) is 11.3 Å². The molecule has 0 saturated carbocycles. The van der Waals surface area contributed by atoms with Crippen LogP contribution in [0, 0.1) is 0 Å². The molecule has 3 aromatic rings. The lowest BCUT2D eigenvalue weighted by molar-refractivity contribution is 0.208. The zero-order chi connectivity index (χ0) is 18.6. The van der Waals surface area contributed by atoms with Crippen LogP contribution in [-0.4, -0.2) is 47.3 Å². The number of aromatic amines is 1. The first kappa shape index (κ1) is 17.6. The first-order chi connectivity index (χ1) is 13.2. The van der Waals surface area contributed by atoms with Gasteiger partial charge in [0.15, 0.2) is 5.82 Å². The van der Waals surface area contributed by atoms with Crippen molar-refractivity contribution >= 4 is 33.5 Å². The van der Waals surface area contributed by atoms with E-state index in [0.717, 1.165) is 40.3 Å². The van der Waals surface area contributed by atoms with E-state index in [1.165, 1.54) is 0 Å². The molecular weight excluding hydrogens is 406 g/mol. The van der Waals surface area contributed by atoms with Crippen molar-refractivity contribution in [3.05, 3.63) is 65.1 Å². The van der Waals surface area contributed by atoms with Gasteiger partial charge in [0.05, 0.1) is 11.4 Å². The molecule has 1 aliphatic rings. The molecule has 1 aromatic heterocycles. The van der Waals surface area contributed by atoms with Crippen LogP contribution in [0.5, 0.6) is 0 Å². The highest BCUT2D eigenvalue weighted by Crippen LogP contribution is 2.24. The number of hydrogen-bond acceptors (Lipinski definition) is 3. The molecule has 0 unspecified atom stereocenters. The van der Waals surface area contributed by atoms with Gasteiger partial charge in [0.2, 0.25) is 0 Å². The molecule has 1 aliphatic heterocycles. The smallest absolute Gasteiger partial charge is 0.321 e. The molecule has 7 heteroatoms. The summed E-state index contributed by atoms with van der Waals surface area (Å²) in [7, 11) is 0. The summed E-state index contributed by atoms with van der Waals surface area (Å²) < 4.78 is 0.877. The third kappa shape index (κ3) is 3.98.